The van der Waals surface area contributed by atoms with Crippen LogP contribution in [0, 0.1) is 0 Å². The quantitative estimate of drug-likeness (QED) is 0.733. The highest BCUT2D eigenvalue weighted by molar-refractivity contribution is 5.94. The van der Waals surface area contributed by atoms with Crippen LogP contribution < -0.4 is 0 Å². The molecule has 1 aromatic carbocycles. The first kappa shape index (κ1) is 11.9. The van der Waals surface area contributed by atoms with Crippen LogP contribution in [0.4, 0.5) is 0 Å². The van der Waals surface area contributed by atoms with Crippen molar-refractivity contribution in [2.45, 2.75) is 6.54 Å². The summed E-state index contributed by atoms with van der Waals surface area (Å²) in [6.45, 7) is 0.259. The van der Waals surface area contributed by atoms with Gasteiger partial charge in [-0.15, -0.1) is 0 Å². The van der Waals surface area contributed by atoms with Gasteiger partial charge in [-0.05, 0) is 12.1 Å². The molecule has 2 rings (SSSR count). The summed E-state index contributed by atoms with van der Waals surface area (Å²) >= 11 is 0. The van der Waals surface area contributed by atoms with E-state index in [0.29, 0.717) is 5.82 Å². The maximum Gasteiger partial charge on any atom is 0.254 e. The molecule has 1 aromatic heterocycles. The molecule has 2 aromatic rings. The van der Waals surface area contributed by atoms with Crippen LogP contribution in [0.1, 0.15) is 16.2 Å². The van der Waals surface area contributed by atoms with Crippen molar-refractivity contribution in [1.29, 1.82) is 0 Å². The highest BCUT2D eigenvalue weighted by atomic mass is 16.3. The molecule has 3 N–H and O–H groups in total. The van der Waals surface area contributed by atoms with E-state index in [1.165, 1.54) is 23.4 Å². The van der Waals surface area contributed by atoms with E-state index < -0.39 is 0 Å². The molecule has 0 aliphatic heterocycles. The average molecular weight is 248 g/mol. The third-order valence-electron chi connectivity index (χ3n) is 2.35. The number of nitrogens with one attached hydrogen (secondary N) is 1. The van der Waals surface area contributed by atoms with Gasteiger partial charge in [0.05, 0.1) is 6.54 Å². The van der Waals surface area contributed by atoms with Crippen LogP contribution in [-0.4, -0.2) is 43.2 Å². The molecule has 0 saturated heterocycles. The fourth-order valence-corrected chi connectivity index (χ4v) is 1.54. The first-order valence-corrected chi connectivity index (χ1v) is 5.19. The molecule has 1 amide bonds. The second-order valence-corrected chi connectivity index (χ2v) is 3.83. The highest BCUT2D eigenvalue weighted by Crippen LogP contribution is 2.21. The molecule has 0 saturated carbocycles. The molecule has 18 heavy (non-hydrogen) atoms. The van der Waals surface area contributed by atoms with Crippen LogP contribution in [0.3, 0.4) is 0 Å². The van der Waals surface area contributed by atoms with Gasteiger partial charge in [-0.25, -0.2) is 4.98 Å². The van der Waals surface area contributed by atoms with Gasteiger partial charge in [0.2, 0.25) is 0 Å². The van der Waals surface area contributed by atoms with Crippen LogP contribution in [0.2, 0.25) is 0 Å². The number of hydrogen-bond donors (Lipinski definition) is 3. The Hall–Kier alpha value is -2.57. The molecule has 1 heterocycles. The Bertz CT molecular complexity index is 533. The summed E-state index contributed by atoms with van der Waals surface area (Å²) < 4.78 is 0. The van der Waals surface area contributed by atoms with Crippen molar-refractivity contribution in [2.24, 2.45) is 0 Å². The number of aromatic amines is 1. The average Bonchev–Trinajstić information content (AvgIpc) is 2.79. The van der Waals surface area contributed by atoms with Crippen LogP contribution in [0.25, 0.3) is 0 Å². The van der Waals surface area contributed by atoms with E-state index in [9.17, 15) is 15.0 Å². The molecule has 0 aliphatic carbocycles. The SMILES string of the molecule is CN(Cc1ncn[nH]1)C(=O)c1cc(O)cc(O)c1. The summed E-state index contributed by atoms with van der Waals surface area (Å²) in [7, 11) is 1.59. The maximum absolute atomic E-state index is 12.0. The number of rotatable bonds is 3. The van der Waals surface area contributed by atoms with Crippen LogP contribution >= 0.6 is 0 Å². The molecule has 0 unspecified atom stereocenters. The minimum absolute atomic E-state index is 0.161. The van der Waals surface area contributed by atoms with Gasteiger partial charge in [0.25, 0.3) is 5.91 Å². The predicted molar refractivity (Wildman–Crippen MR) is 62.0 cm³/mol. The third kappa shape index (κ3) is 2.57. The van der Waals surface area contributed by atoms with Crippen molar-refractivity contribution >= 4 is 5.91 Å². The number of H-pyrrole nitrogens is 1. The molecule has 0 spiro atoms. The van der Waals surface area contributed by atoms with E-state index in [2.05, 4.69) is 15.2 Å². The van der Waals surface area contributed by atoms with Crippen molar-refractivity contribution in [2.75, 3.05) is 7.05 Å². The number of nitrogens with zero attached hydrogens (tertiary/aromatic N) is 3. The van der Waals surface area contributed by atoms with Crippen molar-refractivity contribution in [3.63, 3.8) is 0 Å². The van der Waals surface area contributed by atoms with Crippen molar-refractivity contribution in [1.82, 2.24) is 20.1 Å². The number of aromatic hydroxyl groups is 2. The first-order chi connectivity index (χ1) is 8.56. The number of benzene rings is 1. The largest absolute Gasteiger partial charge is 0.508 e. The Morgan fingerprint density at radius 2 is 2.00 bits per heavy atom. The molecular weight excluding hydrogens is 236 g/mol. The minimum Gasteiger partial charge on any atom is -0.508 e. The van der Waals surface area contributed by atoms with E-state index >= 15 is 0 Å². The number of hydrogen-bond acceptors (Lipinski definition) is 5. The minimum atomic E-state index is -0.336. The molecule has 7 heteroatoms. The van der Waals surface area contributed by atoms with Gasteiger partial charge in [-0.3, -0.25) is 9.89 Å². The fraction of sp³-hybridized carbons (Fsp3) is 0.182. The molecule has 7 nitrogen and oxygen atoms in total. The zero-order chi connectivity index (χ0) is 13.1. The summed E-state index contributed by atoms with van der Waals surface area (Å²) in [4.78, 5) is 17.3. The van der Waals surface area contributed by atoms with Crippen molar-refractivity contribution in [3.05, 3.63) is 35.9 Å². The maximum atomic E-state index is 12.0. The lowest BCUT2D eigenvalue weighted by molar-refractivity contribution is 0.0781. The number of aromatic nitrogens is 3. The summed E-state index contributed by atoms with van der Waals surface area (Å²) in [5.74, 6) is -0.106. The highest BCUT2D eigenvalue weighted by Gasteiger charge is 2.14. The number of carbonyl (C=O) groups excluding carboxylic acids is 1. The summed E-state index contributed by atoms with van der Waals surface area (Å²) in [5.41, 5.74) is 0.203. The normalized spacial score (nSPS) is 10.3. The van der Waals surface area contributed by atoms with Crippen LogP contribution in [0.15, 0.2) is 24.5 Å². The molecule has 0 aliphatic rings. The van der Waals surface area contributed by atoms with E-state index in [1.807, 2.05) is 0 Å². The molecule has 94 valence electrons. The second kappa shape index (κ2) is 4.74. The number of phenolic OH excluding ortho intramolecular Hbond substituents is 2. The summed E-state index contributed by atoms with van der Waals surface area (Å²) in [6, 6.07) is 3.74. The van der Waals surface area contributed by atoms with E-state index in [1.54, 1.807) is 7.05 Å². The summed E-state index contributed by atoms with van der Waals surface area (Å²) in [6.07, 6.45) is 1.35. The number of amides is 1. The lowest BCUT2D eigenvalue weighted by Crippen LogP contribution is -2.26. The monoisotopic (exact) mass is 248 g/mol. The standard InChI is InChI=1S/C11H12N4O3/c1-15(5-10-12-6-13-14-10)11(18)7-2-8(16)4-9(17)3-7/h2-4,6,16-17H,5H2,1H3,(H,12,13,14). The topological polar surface area (TPSA) is 102 Å². The zero-order valence-electron chi connectivity index (χ0n) is 9.66. The molecular formula is C11H12N4O3. The lowest BCUT2D eigenvalue weighted by Gasteiger charge is -2.15. The van der Waals surface area contributed by atoms with Gasteiger partial charge in [-0.1, -0.05) is 0 Å². The van der Waals surface area contributed by atoms with Crippen LogP contribution in [0.5, 0.6) is 11.5 Å². The second-order valence-electron chi connectivity index (χ2n) is 3.83. The Kier molecular flexibility index (Phi) is 3.13. The Labute approximate surface area is 103 Å². The Morgan fingerprint density at radius 1 is 1.33 bits per heavy atom. The molecule has 0 atom stereocenters. The predicted octanol–water partition coefficient (Wildman–Crippen LogP) is 0.488. The molecule has 0 radical (unpaired) electrons. The van der Waals surface area contributed by atoms with Gasteiger partial charge in [0.15, 0.2) is 0 Å². The first-order valence-electron chi connectivity index (χ1n) is 5.19. The number of carbonyl (C=O) groups is 1. The van der Waals surface area contributed by atoms with E-state index in [4.69, 9.17) is 0 Å². The summed E-state index contributed by atoms with van der Waals surface area (Å²) in [5, 5.41) is 25.0. The number of phenols is 2. The van der Waals surface area contributed by atoms with E-state index in [-0.39, 0.29) is 29.5 Å². The van der Waals surface area contributed by atoms with Gasteiger partial charge in [0, 0.05) is 18.7 Å². The zero-order valence-corrected chi connectivity index (χ0v) is 9.66. The van der Waals surface area contributed by atoms with Crippen molar-refractivity contribution in [3.8, 4) is 11.5 Å². The van der Waals surface area contributed by atoms with Crippen molar-refractivity contribution < 1.29 is 15.0 Å². The lowest BCUT2D eigenvalue weighted by atomic mass is 10.2. The molecule has 0 fully saturated rings. The Morgan fingerprint density at radius 3 is 2.56 bits per heavy atom. The fourth-order valence-electron chi connectivity index (χ4n) is 1.54. The smallest absolute Gasteiger partial charge is 0.254 e. The third-order valence-corrected chi connectivity index (χ3v) is 2.35. The van der Waals surface area contributed by atoms with Gasteiger partial charge in [0.1, 0.15) is 23.7 Å². The molecule has 0 bridgehead atoms. The van der Waals surface area contributed by atoms with E-state index in [0.717, 1.165) is 6.07 Å². The Balaban J connectivity index is 2.15. The van der Waals surface area contributed by atoms with Gasteiger partial charge < -0.3 is 15.1 Å². The van der Waals surface area contributed by atoms with Crippen LogP contribution in [-0.2, 0) is 6.54 Å². The van der Waals surface area contributed by atoms with Gasteiger partial charge in [-0.2, -0.15) is 5.10 Å². The van der Waals surface area contributed by atoms with Gasteiger partial charge >= 0.3 is 0 Å².